The molecule has 0 aliphatic heterocycles. The maximum atomic E-state index is 9.49. The summed E-state index contributed by atoms with van der Waals surface area (Å²) in [6.45, 7) is 5.96. The topological polar surface area (TPSA) is 40.5 Å². The number of phenolic OH excluding ortho intramolecular Hbond substituents is 1. The van der Waals surface area contributed by atoms with Crippen molar-refractivity contribution >= 4 is 0 Å². The SMILES string of the molecule is Cc1cc(CO)c(C(C)C)cc1O. The fraction of sp³-hybridized carbons (Fsp3) is 0.455. The minimum absolute atomic E-state index is 0.0363. The minimum atomic E-state index is 0.0363. The van der Waals surface area contributed by atoms with E-state index in [0.717, 1.165) is 16.7 Å². The summed E-state index contributed by atoms with van der Waals surface area (Å²) in [6.07, 6.45) is 0. The van der Waals surface area contributed by atoms with Crippen molar-refractivity contribution < 1.29 is 10.2 Å². The Labute approximate surface area is 78.8 Å². The maximum absolute atomic E-state index is 9.49. The molecule has 13 heavy (non-hydrogen) atoms. The van der Waals surface area contributed by atoms with Gasteiger partial charge in [0.05, 0.1) is 6.61 Å². The first kappa shape index (κ1) is 10.1. The van der Waals surface area contributed by atoms with Gasteiger partial charge in [-0.15, -0.1) is 0 Å². The van der Waals surface area contributed by atoms with Gasteiger partial charge < -0.3 is 10.2 Å². The highest BCUT2D eigenvalue weighted by atomic mass is 16.3. The zero-order valence-corrected chi connectivity index (χ0v) is 8.33. The quantitative estimate of drug-likeness (QED) is 0.733. The van der Waals surface area contributed by atoms with E-state index in [9.17, 15) is 5.11 Å². The van der Waals surface area contributed by atoms with Crippen LogP contribution < -0.4 is 0 Å². The first-order valence-electron chi connectivity index (χ1n) is 4.49. The molecule has 0 aromatic heterocycles. The van der Waals surface area contributed by atoms with Crippen molar-refractivity contribution in [3.63, 3.8) is 0 Å². The molecule has 0 aliphatic carbocycles. The van der Waals surface area contributed by atoms with Crippen molar-refractivity contribution in [3.05, 3.63) is 28.8 Å². The number of hydrogen-bond donors (Lipinski definition) is 2. The second-order valence-corrected chi connectivity index (χ2v) is 3.65. The molecular weight excluding hydrogens is 164 g/mol. The molecular formula is C11H16O2. The Kier molecular flexibility index (Phi) is 2.94. The van der Waals surface area contributed by atoms with Crippen molar-refractivity contribution in [2.45, 2.75) is 33.3 Å². The summed E-state index contributed by atoms with van der Waals surface area (Å²) in [5.74, 6) is 0.634. The van der Waals surface area contributed by atoms with Gasteiger partial charge in [0.2, 0.25) is 0 Å². The summed E-state index contributed by atoms with van der Waals surface area (Å²) in [4.78, 5) is 0. The van der Waals surface area contributed by atoms with E-state index in [-0.39, 0.29) is 6.61 Å². The van der Waals surface area contributed by atoms with Crippen LogP contribution in [0, 0.1) is 6.92 Å². The largest absolute Gasteiger partial charge is 0.508 e. The number of hydrogen-bond acceptors (Lipinski definition) is 2. The van der Waals surface area contributed by atoms with Gasteiger partial charge in [-0.25, -0.2) is 0 Å². The van der Waals surface area contributed by atoms with E-state index in [1.165, 1.54) is 0 Å². The van der Waals surface area contributed by atoms with Gasteiger partial charge in [0.15, 0.2) is 0 Å². The van der Waals surface area contributed by atoms with Crippen LogP contribution in [0.15, 0.2) is 12.1 Å². The average Bonchev–Trinajstić information content (AvgIpc) is 2.08. The standard InChI is InChI=1S/C11H16O2/c1-7(2)10-5-11(13)8(3)4-9(10)6-12/h4-5,7,12-13H,6H2,1-3H3. The molecule has 0 unspecified atom stereocenters. The predicted molar refractivity (Wildman–Crippen MR) is 52.9 cm³/mol. The summed E-state index contributed by atoms with van der Waals surface area (Å²) >= 11 is 0. The van der Waals surface area contributed by atoms with Gasteiger partial charge in [-0.3, -0.25) is 0 Å². The number of phenols is 1. The van der Waals surface area contributed by atoms with Gasteiger partial charge in [0, 0.05) is 0 Å². The molecule has 0 heterocycles. The van der Waals surface area contributed by atoms with E-state index >= 15 is 0 Å². The van der Waals surface area contributed by atoms with Gasteiger partial charge in [0.25, 0.3) is 0 Å². The van der Waals surface area contributed by atoms with Crippen molar-refractivity contribution in [2.24, 2.45) is 0 Å². The van der Waals surface area contributed by atoms with Gasteiger partial charge in [0.1, 0.15) is 5.75 Å². The molecule has 0 spiro atoms. The van der Waals surface area contributed by atoms with Gasteiger partial charge in [-0.2, -0.15) is 0 Å². The molecule has 0 amide bonds. The number of aromatic hydroxyl groups is 1. The Hall–Kier alpha value is -1.02. The zero-order chi connectivity index (χ0) is 10.0. The van der Waals surface area contributed by atoms with Gasteiger partial charge >= 0.3 is 0 Å². The van der Waals surface area contributed by atoms with Crippen molar-refractivity contribution in [3.8, 4) is 5.75 Å². The number of aliphatic hydroxyl groups excluding tert-OH is 1. The van der Waals surface area contributed by atoms with E-state index in [1.54, 1.807) is 6.07 Å². The van der Waals surface area contributed by atoms with Crippen molar-refractivity contribution in [1.29, 1.82) is 0 Å². The van der Waals surface area contributed by atoms with Crippen molar-refractivity contribution in [1.82, 2.24) is 0 Å². The molecule has 0 saturated heterocycles. The minimum Gasteiger partial charge on any atom is -0.508 e. The summed E-state index contributed by atoms with van der Waals surface area (Å²) in [5, 5.41) is 18.6. The monoisotopic (exact) mass is 180 g/mol. The second kappa shape index (κ2) is 3.79. The van der Waals surface area contributed by atoms with Crippen LogP contribution in [0.2, 0.25) is 0 Å². The van der Waals surface area contributed by atoms with E-state index in [4.69, 9.17) is 5.11 Å². The van der Waals surface area contributed by atoms with Crippen LogP contribution in [0.3, 0.4) is 0 Å². The summed E-state index contributed by atoms with van der Waals surface area (Å²) < 4.78 is 0. The van der Waals surface area contributed by atoms with Gasteiger partial charge in [-0.1, -0.05) is 13.8 Å². The van der Waals surface area contributed by atoms with Crippen LogP contribution >= 0.6 is 0 Å². The van der Waals surface area contributed by atoms with Crippen LogP contribution in [0.4, 0.5) is 0 Å². The Morgan fingerprint density at radius 2 is 1.92 bits per heavy atom. The Bertz CT molecular complexity index is 303. The molecule has 2 nitrogen and oxygen atoms in total. The lowest BCUT2D eigenvalue weighted by Crippen LogP contribution is -1.97. The van der Waals surface area contributed by atoms with E-state index in [1.807, 2.05) is 26.8 Å². The number of aliphatic hydroxyl groups is 1. The fourth-order valence-electron chi connectivity index (χ4n) is 1.45. The van der Waals surface area contributed by atoms with E-state index in [0.29, 0.717) is 11.7 Å². The normalized spacial score (nSPS) is 10.8. The molecule has 2 heteroatoms. The molecule has 0 bridgehead atoms. The maximum Gasteiger partial charge on any atom is 0.118 e. The average molecular weight is 180 g/mol. The lowest BCUT2D eigenvalue weighted by atomic mass is 9.95. The lowest BCUT2D eigenvalue weighted by Gasteiger charge is -2.12. The highest BCUT2D eigenvalue weighted by molar-refractivity contribution is 5.42. The molecule has 0 radical (unpaired) electrons. The Morgan fingerprint density at radius 3 is 2.38 bits per heavy atom. The Morgan fingerprint density at radius 1 is 1.31 bits per heavy atom. The molecule has 1 aromatic carbocycles. The van der Waals surface area contributed by atoms with Crippen LogP contribution in [0.5, 0.6) is 5.75 Å². The number of rotatable bonds is 2. The molecule has 1 aromatic rings. The summed E-state index contributed by atoms with van der Waals surface area (Å²) in [7, 11) is 0. The second-order valence-electron chi connectivity index (χ2n) is 3.65. The molecule has 0 aliphatic rings. The first-order valence-corrected chi connectivity index (χ1v) is 4.49. The van der Waals surface area contributed by atoms with Crippen LogP contribution in [-0.4, -0.2) is 10.2 Å². The number of aryl methyl sites for hydroxylation is 1. The van der Waals surface area contributed by atoms with Gasteiger partial charge in [-0.05, 0) is 41.7 Å². The van der Waals surface area contributed by atoms with E-state index in [2.05, 4.69) is 0 Å². The third-order valence-electron chi connectivity index (χ3n) is 2.25. The smallest absolute Gasteiger partial charge is 0.118 e. The Balaban J connectivity index is 3.25. The first-order chi connectivity index (χ1) is 6.06. The summed E-state index contributed by atoms with van der Waals surface area (Å²) in [6, 6.07) is 3.58. The number of benzene rings is 1. The highest BCUT2D eigenvalue weighted by Gasteiger charge is 2.08. The fourth-order valence-corrected chi connectivity index (χ4v) is 1.45. The molecule has 0 saturated carbocycles. The highest BCUT2D eigenvalue weighted by Crippen LogP contribution is 2.27. The molecule has 0 fully saturated rings. The molecule has 2 N–H and O–H groups in total. The lowest BCUT2D eigenvalue weighted by molar-refractivity contribution is 0.280. The third-order valence-corrected chi connectivity index (χ3v) is 2.25. The predicted octanol–water partition coefficient (Wildman–Crippen LogP) is 2.32. The molecule has 72 valence electrons. The van der Waals surface area contributed by atoms with E-state index < -0.39 is 0 Å². The van der Waals surface area contributed by atoms with Crippen LogP contribution in [0.25, 0.3) is 0 Å². The molecule has 0 atom stereocenters. The molecule has 1 rings (SSSR count). The van der Waals surface area contributed by atoms with Crippen LogP contribution in [0.1, 0.15) is 36.5 Å². The third kappa shape index (κ3) is 2.01. The van der Waals surface area contributed by atoms with Crippen LogP contribution in [-0.2, 0) is 6.61 Å². The van der Waals surface area contributed by atoms with Crippen molar-refractivity contribution in [2.75, 3.05) is 0 Å². The zero-order valence-electron chi connectivity index (χ0n) is 8.33. The summed E-state index contributed by atoms with van der Waals surface area (Å²) in [5.41, 5.74) is 2.74.